The van der Waals surface area contributed by atoms with E-state index in [1.807, 2.05) is 6.92 Å². The second kappa shape index (κ2) is 7.05. The summed E-state index contributed by atoms with van der Waals surface area (Å²) in [6.07, 6.45) is 3.92. The lowest BCUT2D eigenvalue weighted by atomic mass is 10.1. The third-order valence-corrected chi connectivity index (χ3v) is 4.51. The number of aromatic amines is 1. The average molecular weight is 329 g/mol. The fourth-order valence-electron chi connectivity index (χ4n) is 3.18. The van der Waals surface area contributed by atoms with E-state index >= 15 is 0 Å². The number of fused-ring (bicyclic) bond motifs is 1. The number of hydrogen-bond acceptors (Lipinski definition) is 5. The van der Waals surface area contributed by atoms with Gasteiger partial charge in [0.05, 0.1) is 20.3 Å². The monoisotopic (exact) mass is 329 g/mol. The predicted molar refractivity (Wildman–Crippen MR) is 92.5 cm³/mol. The molecule has 0 bridgehead atoms. The van der Waals surface area contributed by atoms with E-state index in [0.29, 0.717) is 17.9 Å². The fourth-order valence-corrected chi connectivity index (χ4v) is 3.18. The molecule has 1 aliphatic rings. The van der Waals surface area contributed by atoms with Gasteiger partial charge in [-0.2, -0.15) is 0 Å². The van der Waals surface area contributed by atoms with E-state index in [-0.39, 0.29) is 12.2 Å². The normalized spacial score (nSPS) is 13.0. The first-order valence-corrected chi connectivity index (χ1v) is 8.31. The topological polar surface area (TPSA) is 87.2 Å². The van der Waals surface area contributed by atoms with Crippen LogP contribution in [0.1, 0.15) is 41.6 Å². The predicted octanol–water partition coefficient (Wildman–Crippen LogP) is 1.93. The van der Waals surface area contributed by atoms with Gasteiger partial charge in [0.2, 0.25) is 0 Å². The summed E-state index contributed by atoms with van der Waals surface area (Å²) in [7, 11) is 1.64. The molecule has 6 nitrogen and oxygen atoms in total. The van der Waals surface area contributed by atoms with Gasteiger partial charge in [-0.05, 0) is 48.9 Å². The molecule has 128 valence electrons. The van der Waals surface area contributed by atoms with Crippen LogP contribution < -0.4 is 15.6 Å². The largest absolute Gasteiger partial charge is 0.495 e. The third kappa shape index (κ3) is 3.14. The van der Waals surface area contributed by atoms with E-state index in [1.54, 1.807) is 13.2 Å². The molecule has 24 heavy (non-hydrogen) atoms. The number of aliphatic hydroxyl groups excluding tert-OH is 1. The molecule has 0 atom stereocenters. The van der Waals surface area contributed by atoms with Crippen molar-refractivity contribution in [2.75, 3.05) is 12.4 Å². The maximum absolute atomic E-state index is 12.1. The molecule has 3 N–H and O–H groups in total. The van der Waals surface area contributed by atoms with Crippen molar-refractivity contribution < 1.29 is 9.84 Å². The van der Waals surface area contributed by atoms with E-state index in [1.165, 1.54) is 5.56 Å². The number of nitrogens with zero attached hydrogens (tertiary/aromatic N) is 1. The molecule has 0 aliphatic heterocycles. The van der Waals surface area contributed by atoms with Gasteiger partial charge in [-0.3, -0.25) is 9.78 Å². The Hall–Kier alpha value is -2.34. The van der Waals surface area contributed by atoms with E-state index in [4.69, 9.17) is 9.72 Å². The number of rotatable bonds is 6. The van der Waals surface area contributed by atoms with E-state index in [2.05, 4.69) is 16.4 Å². The smallest absolute Gasteiger partial charge is 0.271 e. The van der Waals surface area contributed by atoms with Crippen LogP contribution in [0.2, 0.25) is 0 Å². The molecule has 1 aliphatic carbocycles. The SMILES string of the molecule is CCc1cc(NCc2nc3c(cc2OC)CCC3)c(=O)[nH]c1CO. The zero-order chi connectivity index (χ0) is 17.1. The summed E-state index contributed by atoms with van der Waals surface area (Å²) in [4.78, 5) is 19.6. The highest BCUT2D eigenvalue weighted by atomic mass is 16.5. The number of ether oxygens (including phenoxy) is 1. The summed E-state index contributed by atoms with van der Waals surface area (Å²) in [5.41, 5.74) is 4.93. The Labute approximate surface area is 140 Å². The zero-order valence-electron chi connectivity index (χ0n) is 14.1. The number of anilines is 1. The Morgan fingerprint density at radius 3 is 2.92 bits per heavy atom. The number of aliphatic hydroxyl groups is 1. The van der Waals surface area contributed by atoms with Crippen LogP contribution in [0.5, 0.6) is 5.75 Å². The Morgan fingerprint density at radius 2 is 2.21 bits per heavy atom. The first-order valence-electron chi connectivity index (χ1n) is 8.31. The van der Waals surface area contributed by atoms with Crippen molar-refractivity contribution in [1.82, 2.24) is 9.97 Å². The summed E-state index contributed by atoms with van der Waals surface area (Å²) >= 11 is 0. The van der Waals surface area contributed by atoms with Crippen molar-refractivity contribution in [2.45, 2.75) is 45.8 Å². The van der Waals surface area contributed by atoms with Crippen molar-refractivity contribution in [3.8, 4) is 5.75 Å². The molecular weight excluding hydrogens is 306 g/mol. The minimum absolute atomic E-state index is 0.168. The summed E-state index contributed by atoms with van der Waals surface area (Å²) in [6, 6.07) is 3.85. The fraction of sp³-hybridized carbons (Fsp3) is 0.444. The zero-order valence-corrected chi connectivity index (χ0v) is 14.1. The lowest BCUT2D eigenvalue weighted by Gasteiger charge is -2.13. The Kier molecular flexibility index (Phi) is 4.85. The van der Waals surface area contributed by atoms with E-state index in [9.17, 15) is 9.90 Å². The van der Waals surface area contributed by atoms with Crippen molar-refractivity contribution in [1.29, 1.82) is 0 Å². The van der Waals surface area contributed by atoms with Gasteiger partial charge in [-0.1, -0.05) is 6.92 Å². The number of pyridine rings is 2. The van der Waals surface area contributed by atoms with Gasteiger partial charge in [-0.25, -0.2) is 0 Å². The highest BCUT2D eigenvalue weighted by Crippen LogP contribution is 2.27. The van der Waals surface area contributed by atoms with Gasteiger partial charge >= 0.3 is 0 Å². The summed E-state index contributed by atoms with van der Waals surface area (Å²) < 4.78 is 5.45. The number of H-pyrrole nitrogens is 1. The van der Waals surface area contributed by atoms with Crippen molar-refractivity contribution in [3.63, 3.8) is 0 Å². The molecule has 0 aromatic carbocycles. The number of nitrogens with one attached hydrogen (secondary N) is 2. The molecule has 0 saturated carbocycles. The van der Waals surface area contributed by atoms with Gasteiger partial charge in [0.25, 0.3) is 5.56 Å². The standard InChI is InChI=1S/C18H23N3O3/c1-3-11-7-14(18(23)21-16(11)10-22)19-9-15-17(24-2)8-12-5-4-6-13(12)20-15/h7-8,19,22H,3-6,9-10H2,1-2H3,(H,21,23). The van der Waals surface area contributed by atoms with Gasteiger partial charge in [0, 0.05) is 11.4 Å². The highest BCUT2D eigenvalue weighted by molar-refractivity contribution is 5.47. The molecule has 0 radical (unpaired) electrons. The Bertz CT molecular complexity index is 799. The van der Waals surface area contributed by atoms with Gasteiger partial charge in [0.15, 0.2) is 0 Å². The minimum atomic E-state index is -0.239. The van der Waals surface area contributed by atoms with Crippen molar-refractivity contribution in [3.05, 3.63) is 50.7 Å². The molecular formula is C18H23N3O3. The van der Waals surface area contributed by atoms with E-state index in [0.717, 1.165) is 48.4 Å². The molecule has 0 unspecified atom stereocenters. The maximum Gasteiger partial charge on any atom is 0.271 e. The van der Waals surface area contributed by atoms with Gasteiger partial charge in [-0.15, -0.1) is 0 Å². The molecule has 6 heteroatoms. The molecule has 0 amide bonds. The van der Waals surface area contributed by atoms with Crippen LogP contribution in [0.15, 0.2) is 16.9 Å². The van der Waals surface area contributed by atoms with Crippen molar-refractivity contribution >= 4 is 5.69 Å². The quantitative estimate of drug-likeness (QED) is 0.754. The first-order chi connectivity index (χ1) is 11.7. The summed E-state index contributed by atoms with van der Waals surface area (Å²) in [5.74, 6) is 0.752. The maximum atomic E-state index is 12.1. The van der Waals surface area contributed by atoms with Crippen LogP contribution in [-0.4, -0.2) is 22.2 Å². The molecule has 0 spiro atoms. The van der Waals surface area contributed by atoms with Gasteiger partial charge < -0.3 is 20.1 Å². The number of methoxy groups -OCH3 is 1. The molecule has 2 aromatic heterocycles. The van der Waals surface area contributed by atoms with Crippen LogP contribution in [0, 0.1) is 0 Å². The van der Waals surface area contributed by atoms with Crippen LogP contribution in [0.4, 0.5) is 5.69 Å². The average Bonchev–Trinajstić information content (AvgIpc) is 3.06. The third-order valence-electron chi connectivity index (χ3n) is 4.51. The Balaban J connectivity index is 1.85. The second-order valence-corrected chi connectivity index (χ2v) is 5.98. The highest BCUT2D eigenvalue weighted by Gasteiger charge is 2.17. The lowest BCUT2D eigenvalue weighted by Crippen LogP contribution is -2.18. The van der Waals surface area contributed by atoms with E-state index < -0.39 is 0 Å². The number of aromatic nitrogens is 2. The van der Waals surface area contributed by atoms with Crippen molar-refractivity contribution in [2.24, 2.45) is 0 Å². The first kappa shape index (κ1) is 16.5. The molecule has 0 fully saturated rings. The lowest BCUT2D eigenvalue weighted by molar-refractivity contribution is 0.275. The summed E-state index contributed by atoms with van der Waals surface area (Å²) in [6.45, 7) is 2.24. The molecule has 2 heterocycles. The summed E-state index contributed by atoms with van der Waals surface area (Å²) in [5, 5.41) is 12.5. The molecule has 3 rings (SSSR count). The number of aryl methyl sites for hydroxylation is 3. The number of hydrogen-bond donors (Lipinski definition) is 3. The second-order valence-electron chi connectivity index (χ2n) is 5.98. The molecule has 2 aromatic rings. The van der Waals surface area contributed by atoms with Crippen LogP contribution in [0.3, 0.4) is 0 Å². The molecule has 0 saturated heterocycles. The van der Waals surface area contributed by atoms with Crippen LogP contribution in [0.25, 0.3) is 0 Å². The van der Waals surface area contributed by atoms with Crippen LogP contribution >= 0.6 is 0 Å². The van der Waals surface area contributed by atoms with Gasteiger partial charge in [0.1, 0.15) is 17.1 Å². The Morgan fingerprint density at radius 1 is 1.38 bits per heavy atom. The minimum Gasteiger partial charge on any atom is -0.495 e. The van der Waals surface area contributed by atoms with Crippen LogP contribution in [-0.2, 0) is 32.4 Å².